The molecule has 2 aromatic rings. The van der Waals surface area contributed by atoms with Gasteiger partial charge >= 0.3 is 0 Å². The molecule has 120 valence electrons. The van der Waals surface area contributed by atoms with Crippen LogP contribution in [-0.2, 0) is 17.6 Å². The first-order valence-corrected chi connectivity index (χ1v) is 7.91. The first-order chi connectivity index (χ1) is 10.8. The van der Waals surface area contributed by atoms with Crippen molar-refractivity contribution in [1.82, 2.24) is 9.97 Å². The van der Waals surface area contributed by atoms with E-state index >= 15 is 0 Å². The first-order valence-electron chi connectivity index (χ1n) is 7.91. The Bertz CT molecular complexity index is 760. The summed E-state index contributed by atoms with van der Waals surface area (Å²) in [6, 6.07) is 8.15. The van der Waals surface area contributed by atoms with Crippen molar-refractivity contribution in [2.75, 3.05) is 0 Å². The number of aryl methyl sites for hydroxylation is 3. The molecule has 0 aromatic carbocycles. The van der Waals surface area contributed by atoms with E-state index < -0.39 is 0 Å². The van der Waals surface area contributed by atoms with Gasteiger partial charge in [0.1, 0.15) is 5.78 Å². The molecule has 23 heavy (non-hydrogen) atoms. The van der Waals surface area contributed by atoms with Crippen LogP contribution in [0.5, 0.6) is 0 Å². The van der Waals surface area contributed by atoms with Crippen LogP contribution in [0.1, 0.15) is 47.8 Å². The Morgan fingerprint density at radius 3 is 2.30 bits per heavy atom. The number of aromatic nitrogens is 2. The number of rotatable bonds is 2. The number of pyridine rings is 2. The molecule has 1 aliphatic rings. The molecular weight excluding hydrogens is 284 g/mol. The number of hydrogen-bond acceptors (Lipinski definition) is 3. The van der Waals surface area contributed by atoms with E-state index in [9.17, 15) is 4.79 Å². The highest BCUT2D eigenvalue weighted by atomic mass is 16.1. The molecule has 0 unspecified atom stereocenters. The van der Waals surface area contributed by atoms with Gasteiger partial charge in [0.15, 0.2) is 0 Å². The van der Waals surface area contributed by atoms with Crippen LogP contribution >= 0.6 is 0 Å². The van der Waals surface area contributed by atoms with Crippen molar-refractivity contribution in [1.29, 1.82) is 0 Å². The Morgan fingerprint density at radius 2 is 1.65 bits per heavy atom. The zero-order valence-corrected chi connectivity index (χ0v) is 14.6. The summed E-state index contributed by atoms with van der Waals surface area (Å²) in [5.74, 6) is 0.184. The Hall–Kier alpha value is -2.29. The highest BCUT2D eigenvalue weighted by Gasteiger charge is 2.09. The predicted molar refractivity (Wildman–Crippen MR) is 94.4 cm³/mol. The van der Waals surface area contributed by atoms with Gasteiger partial charge in [0.05, 0.1) is 5.69 Å². The quantitative estimate of drug-likeness (QED) is 0.836. The maximum absolute atomic E-state index is 10.8. The van der Waals surface area contributed by atoms with Crippen molar-refractivity contribution in [3.05, 3.63) is 63.7 Å². The van der Waals surface area contributed by atoms with Gasteiger partial charge in [0.25, 0.3) is 0 Å². The van der Waals surface area contributed by atoms with Crippen LogP contribution in [0.25, 0.3) is 6.08 Å². The van der Waals surface area contributed by atoms with Crippen LogP contribution in [0, 0.1) is 20.8 Å². The molecule has 3 nitrogen and oxygen atoms in total. The molecule has 0 atom stereocenters. The Kier molecular flexibility index (Phi) is 5.43. The standard InChI is InChI=1S/C10H13NO.C10H11N/c1-7-4-5-10(6-8(2)12)9(3)11-7;1-7-5-9-4-3-8(2)11-10(9)6-7/h4-5H,6H2,1-3H3;3-4,6H,5H2,1-2H3. The second kappa shape index (κ2) is 7.32. The summed E-state index contributed by atoms with van der Waals surface area (Å²) in [5, 5.41) is 0. The molecule has 0 N–H and O–H groups in total. The lowest BCUT2D eigenvalue weighted by atomic mass is 10.1. The maximum atomic E-state index is 10.8. The molecule has 0 spiro atoms. The summed E-state index contributed by atoms with van der Waals surface area (Å²) < 4.78 is 0. The molecule has 2 aromatic heterocycles. The minimum atomic E-state index is 0.184. The minimum absolute atomic E-state index is 0.184. The van der Waals surface area contributed by atoms with Crippen LogP contribution in [0.3, 0.4) is 0 Å². The largest absolute Gasteiger partial charge is 0.300 e. The summed E-state index contributed by atoms with van der Waals surface area (Å²) in [5.41, 5.74) is 8.06. The zero-order valence-electron chi connectivity index (χ0n) is 14.6. The third kappa shape index (κ3) is 4.85. The van der Waals surface area contributed by atoms with Crippen LogP contribution in [0.15, 0.2) is 29.8 Å². The van der Waals surface area contributed by atoms with Crippen molar-refractivity contribution >= 4 is 11.9 Å². The number of nitrogens with zero attached hydrogens (tertiary/aromatic N) is 2. The molecule has 1 aliphatic carbocycles. The van der Waals surface area contributed by atoms with Crippen LogP contribution in [0.4, 0.5) is 0 Å². The van der Waals surface area contributed by atoms with Crippen molar-refractivity contribution in [2.45, 2.75) is 47.5 Å². The third-order valence-electron chi connectivity index (χ3n) is 3.78. The monoisotopic (exact) mass is 308 g/mol. The number of carbonyl (C=O) groups excluding carboxylic acids is 1. The average Bonchev–Trinajstić information content (AvgIpc) is 2.81. The summed E-state index contributed by atoms with van der Waals surface area (Å²) in [7, 11) is 0. The van der Waals surface area contributed by atoms with E-state index in [2.05, 4.69) is 35.1 Å². The van der Waals surface area contributed by atoms with E-state index in [-0.39, 0.29) is 5.78 Å². The molecule has 0 saturated carbocycles. The molecular formula is C20H24N2O. The highest BCUT2D eigenvalue weighted by molar-refractivity contribution is 5.78. The number of carbonyl (C=O) groups is 1. The summed E-state index contributed by atoms with van der Waals surface area (Å²) in [4.78, 5) is 19.5. The third-order valence-corrected chi connectivity index (χ3v) is 3.78. The predicted octanol–water partition coefficient (Wildman–Crippen LogP) is 4.18. The Labute approximate surface area is 138 Å². The van der Waals surface area contributed by atoms with Crippen molar-refractivity contribution < 1.29 is 4.79 Å². The van der Waals surface area contributed by atoms with Gasteiger partial charge in [-0.15, -0.1) is 0 Å². The molecule has 0 fully saturated rings. The maximum Gasteiger partial charge on any atom is 0.134 e. The SMILES string of the molecule is CC(=O)Cc1ccc(C)nc1C.CC1=Cc2nc(C)ccc2C1. The topological polar surface area (TPSA) is 42.9 Å². The fourth-order valence-electron chi connectivity index (χ4n) is 2.64. The van der Waals surface area contributed by atoms with E-state index in [4.69, 9.17) is 0 Å². The lowest BCUT2D eigenvalue weighted by molar-refractivity contribution is -0.116. The van der Waals surface area contributed by atoms with Gasteiger partial charge in [0, 0.05) is 23.5 Å². The molecule has 0 saturated heterocycles. The van der Waals surface area contributed by atoms with E-state index in [1.165, 1.54) is 16.8 Å². The van der Waals surface area contributed by atoms with Gasteiger partial charge in [-0.3, -0.25) is 14.8 Å². The van der Waals surface area contributed by atoms with Crippen LogP contribution in [0.2, 0.25) is 0 Å². The highest BCUT2D eigenvalue weighted by Crippen LogP contribution is 2.22. The van der Waals surface area contributed by atoms with Gasteiger partial charge in [-0.05, 0) is 70.4 Å². The molecule has 0 aliphatic heterocycles. The van der Waals surface area contributed by atoms with Crippen molar-refractivity contribution in [3.63, 3.8) is 0 Å². The van der Waals surface area contributed by atoms with Gasteiger partial charge < -0.3 is 0 Å². The Morgan fingerprint density at radius 1 is 1.00 bits per heavy atom. The molecule has 3 heteroatoms. The summed E-state index contributed by atoms with van der Waals surface area (Å²) >= 11 is 0. The molecule has 0 bridgehead atoms. The van der Waals surface area contributed by atoms with Crippen molar-refractivity contribution in [3.8, 4) is 0 Å². The fourth-order valence-corrected chi connectivity index (χ4v) is 2.64. The minimum Gasteiger partial charge on any atom is -0.300 e. The molecule has 2 heterocycles. The van der Waals surface area contributed by atoms with Gasteiger partial charge in [-0.25, -0.2) is 0 Å². The first kappa shape index (κ1) is 17.1. The molecule has 3 rings (SSSR count). The summed E-state index contributed by atoms with van der Waals surface area (Å²) in [6.45, 7) is 9.66. The van der Waals surface area contributed by atoms with Crippen LogP contribution in [-0.4, -0.2) is 15.8 Å². The fraction of sp³-hybridized carbons (Fsp3) is 0.350. The van der Waals surface area contributed by atoms with E-state index in [1.807, 2.05) is 32.9 Å². The molecule has 0 radical (unpaired) electrons. The Balaban J connectivity index is 0.000000167. The normalized spacial score (nSPS) is 12.1. The second-order valence-electron chi connectivity index (χ2n) is 6.24. The van der Waals surface area contributed by atoms with E-state index in [1.54, 1.807) is 6.92 Å². The van der Waals surface area contributed by atoms with Gasteiger partial charge in [-0.1, -0.05) is 17.7 Å². The lowest BCUT2D eigenvalue weighted by Gasteiger charge is -2.02. The van der Waals surface area contributed by atoms with Gasteiger partial charge in [0.2, 0.25) is 0 Å². The number of ketones is 1. The van der Waals surface area contributed by atoms with E-state index in [0.717, 1.165) is 29.1 Å². The van der Waals surface area contributed by atoms with Gasteiger partial charge in [-0.2, -0.15) is 0 Å². The molecule has 0 amide bonds. The number of hydrogen-bond donors (Lipinski definition) is 0. The average molecular weight is 308 g/mol. The lowest BCUT2D eigenvalue weighted by Crippen LogP contribution is -2.00. The number of Topliss-reactive ketones (excluding diaryl/α,β-unsaturated/α-hetero) is 1. The van der Waals surface area contributed by atoms with Crippen molar-refractivity contribution in [2.24, 2.45) is 0 Å². The summed E-state index contributed by atoms with van der Waals surface area (Å²) in [6.07, 6.45) is 3.75. The number of fused-ring (bicyclic) bond motifs is 1. The number of allylic oxidation sites excluding steroid dienone is 1. The smallest absolute Gasteiger partial charge is 0.134 e. The van der Waals surface area contributed by atoms with E-state index in [0.29, 0.717) is 6.42 Å². The zero-order chi connectivity index (χ0) is 17.0. The second-order valence-corrected chi connectivity index (χ2v) is 6.24. The van der Waals surface area contributed by atoms with Crippen LogP contribution < -0.4 is 0 Å².